The van der Waals surface area contributed by atoms with Gasteiger partial charge in [-0.25, -0.2) is 4.39 Å². The van der Waals surface area contributed by atoms with E-state index in [2.05, 4.69) is 21.2 Å². The predicted octanol–water partition coefficient (Wildman–Crippen LogP) is 2.68. The highest BCUT2D eigenvalue weighted by Crippen LogP contribution is 2.36. The van der Waals surface area contributed by atoms with Crippen LogP contribution in [0.25, 0.3) is 0 Å². The van der Waals surface area contributed by atoms with E-state index < -0.39 is 17.3 Å². The highest BCUT2D eigenvalue weighted by Gasteiger charge is 2.21. The Morgan fingerprint density at radius 2 is 2.18 bits per heavy atom. The third-order valence-corrected chi connectivity index (χ3v) is 3.84. The Morgan fingerprint density at radius 1 is 1.41 bits per heavy atom. The molecular formula is C12H15BrFNO2. The molecule has 2 rings (SSSR count). The Morgan fingerprint density at radius 3 is 2.82 bits per heavy atom. The van der Waals surface area contributed by atoms with Crippen LogP contribution in [0.5, 0.6) is 11.5 Å². The van der Waals surface area contributed by atoms with Crippen molar-refractivity contribution in [3.63, 3.8) is 0 Å². The fraction of sp³-hybridized carbons (Fsp3) is 0.500. The molecule has 0 aliphatic carbocycles. The van der Waals surface area contributed by atoms with Crippen LogP contribution in [-0.2, 0) is 6.42 Å². The van der Waals surface area contributed by atoms with Gasteiger partial charge in [-0.15, -0.1) is 0 Å². The number of aromatic hydroxyl groups is 2. The summed E-state index contributed by atoms with van der Waals surface area (Å²) in [5.74, 6) is -1.84. The molecule has 3 N–H and O–H groups in total. The number of hydrogen-bond acceptors (Lipinski definition) is 3. The number of nitrogens with one attached hydrogen (secondary N) is 1. The second kappa shape index (κ2) is 5.23. The summed E-state index contributed by atoms with van der Waals surface area (Å²) >= 11 is 3.22. The number of rotatable bonds is 2. The maximum atomic E-state index is 13.8. The molecule has 0 aromatic heterocycles. The van der Waals surface area contributed by atoms with Crippen LogP contribution in [0.15, 0.2) is 10.5 Å². The maximum absolute atomic E-state index is 13.8. The van der Waals surface area contributed by atoms with Gasteiger partial charge in [0.25, 0.3) is 0 Å². The van der Waals surface area contributed by atoms with Crippen LogP contribution in [-0.4, -0.2) is 22.8 Å². The lowest BCUT2D eigenvalue weighted by Crippen LogP contribution is -2.35. The summed E-state index contributed by atoms with van der Waals surface area (Å²) < 4.78 is 14.3. The first-order valence-electron chi connectivity index (χ1n) is 5.71. The zero-order valence-corrected chi connectivity index (χ0v) is 10.9. The number of hydrogen-bond donors (Lipinski definition) is 3. The van der Waals surface area contributed by atoms with Crippen LogP contribution in [0.4, 0.5) is 4.39 Å². The van der Waals surface area contributed by atoms with E-state index in [-0.39, 0.29) is 6.04 Å². The normalized spacial score (nSPS) is 20.5. The topological polar surface area (TPSA) is 52.5 Å². The van der Waals surface area contributed by atoms with Crippen molar-refractivity contribution in [2.75, 3.05) is 6.54 Å². The molecule has 1 aromatic carbocycles. The number of phenolic OH excluding ortho intramolecular Hbond substituents is 2. The number of piperidine rings is 1. The summed E-state index contributed by atoms with van der Waals surface area (Å²) in [5, 5.41) is 22.0. The first-order valence-corrected chi connectivity index (χ1v) is 6.51. The van der Waals surface area contributed by atoms with Crippen LogP contribution < -0.4 is 5.32 Å². The van der Waals surface area contributed by atoms with Gasteiger partial charge >= 0.3 is 0 Å². The zero-order chi connectivity index (χ0) is 12.4. The van der Waals surface area contributed by atoms with E-state index in [0.29, 0.717) is 16.5 Å². The molecule has 1 aliphatic heterocycles. The molecule has 0 bridgehead atoms. The van der Waals surface area contributed by atoms with E-state index in [1.807, 2.05) is 0 Å². The van der Waals surface area contributed by atoms with E-state index in [9.17, 15) is 14.6 Å². The highest BCUT2D eigenvalue weighted by molar-refractivity contribution is 9.10. The molecule has 1 saturated heterocycles. The van der Waals surface area contributed by atoms with Crippen LogP contribution in [0.2, 0.25) is 0 Å². The molecule has 1 aliphatic rings. The number of halogens is 2. The average Bonchev–Trinajstić information content (AvgIpc) is 2.33. The van der Waals surface area contributed by atoms with Crippen LogP contribution in [0.3, 0.4) is 0 Å². The van der Waals surface area contributed by atoms with Gasteiger partial charge in [-0.05, 0) is 31.9 Å². The van der Waals surface area contributed by atoms with Crippen molar-refractivity contribution in [3.8, 4) is 11.5 Å². The van der Waals surface area contributed by atoms with Gasteiger partial charge in [0.1, 0.15) is 0 Å². The first kappa shape index (κ1) is 12.6. The molecule has 94 valence electrons. The number of benzene rings is 1. The fourth-order valence-electron chi connectivity index (χ4n) is 2.17. The lowest BCUT2D eigenvalue weighted by atomic mass is 9.97. The molecule has 1 aromatic rings. The van der Waals surface area contributed by atoms with Gasteiger partial charge in [0.2, 0.25) is 0 Å². The van der Waals surface area contributed by atoms with Gasteiger partial charge in [-0.3, -0.25) is 0 Å². The molecule has 0 radical (unpaired) electrons. The van der Waals surface area contributed by atoms with Crippen LogP contribution in [0.1, 0.15) is 24.8 Å². The minimum Gasteiger partial charge on any atom is -0.504 e. The second-order valence-electron chi connectivity index (χ2n) is 4.37. The molecule has 0 amide bonds. The van der Waals surface area contributed by atoms with Gasteiger partial charge in [0, 0.05) is 16.1 Å². The lowest BCUT2D eigenvalue weighted by Gasteiger charge is -2.24. The summed E-state index contributed by atoms with van der Waals surface area (Å²) in [6.45, 7) is 0.952. The van der Waals surface area contributed by atoms with Crippen molar-refractivity contribution >= 4 is 15.9 Å². The summed E-state index contributed by atoms with van der Waals surface area (Å²) in [6.07, 6.45) is 3.82. The van der Waals surface area contributed by atoms with E-state index in [1.54, 1.807) is 0 Å². The van der Waals surface area contributed by atoms with Crippen molar-refractivity contribution in [1.82, 2.24) is 5.32 Å². The smallest absolute Gasteiger partial charge is 0.194 e. The van der Waals surface area contributed by atoms with Crippen molar-refractivity contribution in [2.24, 2.45) is 0 Å². The van der Waals surface area contributed by atoms with Crippen LogP contribution in [0, 0.1) is 5.82 Å². The van der Waals surface area contributed by atoms with Crippen molar-refractivity contribution in [1.29, 1.82) is 0 Å². The second-order valence-corrected chi connectivity index (χ2v) is 5.22. The van der Waals surface area contributed by atoms with E-state index >= 15 is 0 Å². The number of phenols is 2. The largest absolute Gasteiger partial charge is 0.504 e. The quantitative estimate of drug-likeness (QED) is 0.736. The molecule has 3 nitrogen and oxygen atoms in total. The maximum Gasteiger partial charge on any atom is 0.194 e. The standard InChI is InChI=1S/C12H15BrFNO2/c13-9-6-10(16)12(17)11(14)8(9)5-7-3-1-2-4-15-7/h6-7,15-17H,1-5H2. The van der Waals surface area contributed by atoms with Gasteiger partial charge in [-0.1, -0.05) is 22.4 Å². The molecule has 1 atom stereocenters. The minimum absolute atomic E-state index is 0.235. The Bertz CT molecular complexity index is 419. The summed E-state index contributed by atoms with van der Waals surface area (Å²) in [7, 11) is 0. The third-order valence-electron chi connectivity index (χ3n) is 3.13. The monoisotopic (exact) mass is 303 g/mol. The lowest BCUT2D eigenvalue weighted by molar-refractivity contribution is 0.367. The van der Waals surface area contributed by atoms with Gasteiger partial charge in [-0.2, -0.15) is 0 Å². The van der Waals surface area contributed by atoms with Crippen molar-refractivity contribution in [2.45, 2.75) is 31.7 Å². The third kappa shape index (κ3) is 2.72. The molecule has 17 heavy (non-hydrogen) atoms. The Balaban J connectivity index is 2.22. The molecule has 0 saturated carbocycles. The first-order chi connectivity index (χ1) is 8.09. The SMILES string of the molecule is Oc1cc(Br)c(CC2CCCCN2)c(F)c1O. The molecule has 1 heterocycles. The van der Waals surface area contributed by atoms with Gasteiger partial charge < -0.3 is 15.5 Å². The summed E-state index contributed by atoms with van der Waals surface area (Å²) in [5.41, 5.74) is 0.416. The van der Waals surface area contributed by atoms with E-state index in [4.69, 9.17) is 0 Å². The van der Waals surface area contributed by atoms with Gasteiger partial charge in [0.05, 0.1) is 0 Å². The average molecular weight is 304 g/mol. The highest BCUT2D eigenvalue weighted by atomic mass is 79.9. The fourth-order valence-corrected chi connectivity index (χ4v) is 2.72. The minimum atomic E-state index is -0.732. The molecule has 1 unspecified atom stereocenters. The summed E-state index contributed by atoms with van der Waals surface area (Å²) in [4.78, 5) is 0. The molecule has 0 spiro atoms. The molecule has 1 fully saturated rings. The predicted molar refractivity (Wildman–Crippen MR) is 66.8 cm³/mol. The molecule has 5 heteroatoms. The van der Waals surface area contributed by atoms with E-state index in [1.165, 1.54) is 6.07 Å². The van der Waals surface area contributed by atoms with Crippen molar-refractivity contribution in [3.05, 3.63) is 21.9 Å². The Kier molecular flexibility index (Phi) is 3.89. The van der Waals surface area contributed by atoms with Crippen LogP contribution >= 0.6 is 15.9 Å². The van der Waals surface area contributed by atoms with E-state index in [0.717, 1.165) is 25.8 Å². The van der Waals surface area contributed by atoms with Gasteiger partial charge in [0.15, 0.2) is 17.3 Å². The zero-order valence-electron chi connectivity index (χ0n) is 9.34. The van der Waals surface area contributed by atoms with Crippen molar-refractivity contribution < 1.29 is 14.6 Å². The Hall–Kier alpha value is -0.810. The molecular weight excluding hydrogens is 289 g/mol. The summed E-state index contributed by atoms with van der Waals surface area (Å²) in [6, 6.07) is 1.56. The Labute approximate surface area is 108 Å².